The van der Waals surface area contributed by atoms with Crippen LogP contribution in [0.1, 0.15) is 31.1 Å². The maximum Gasteiger partial charge on any atom is 0.0817 e. The zero-order valence-electron chi connectivity index (χ0n) is 10.2. The van der Waals surface area contributed by atoms with Crippen LogP contribution in [0, 0.1) is 6.92 Å². The van der Waals surface area contributed by atoms with Gasteiger partial charge >= 0.3 is 0 Å². The summed E-state index contributed by atoms with van der Waals surface area (Å²) in [5, 5.41) is 3.26. The van der Waals surface area contributed by atoms with Gasteiger partial charge in [0, 0.05) is 19.0 Å². The molecule has 0 aliphatic rings. The lowest BCUT2D eigenvalue weighted by Gasteiger charge is -2.33. The molecule has 0 aliphatic carbocycles. The van der Waals surface area contributed by atoms with Crippen LogP contribution in [0.4, 0.5) is 0 Å². The summed E-state index contributed by atoms with van der Waals surface area (Å²) in [6, 6.07) is 4.26. The van der Waals surface area contributed by atoms with Crippen LogP contribution in [-0.2, 0) is 4.74 Å². The van der Waals surface area contributed by atoms with E-state index in [0.717, 1.165) is 11.3 Å². The number of pyridine rings is 1. The zero-order valence-corrected chi connectivity index (χ0v) is 10.2. The molecule has 15 heavy (non-hydrogen) atoms. The van der Waals surface area contributed by atoms with Gasteiger partial charge in [-0.3, -0.25) is 4.98 Å². The van der Waals surface area contributed by atoms with Gasteiger partial charge in [0.25, 0.3) is 0 Å². The minimum atomic E-state index is -0.244. The lowest BCUT2D eigenvalue weighted by Crippen LogP contribution is -2.39. The number of likely N-dealkylation sites (N-methyl/N-ethyl adjacent to an activating group) is 1. The Kier molecular flexibility index (Phi) is 3.83. The Morgan fingerprint density at radius 1 is 1.40 bits per heavy atom. The van der Waals surface area contributed by atoms with Gasteiger partial charge < -0.3 is 10.1 Å². The zero-order chi connectivity index (χ0) is 11.5. The Balaban J connectivity index is 2.97. The lowest BCUT2D eigenvalue weighted by atomic mass is 9.92. The number of hydrogen-bond donors (Lipinski definition) is 1. The molecule has 0 radical (unpaired) electrons. The summed E-state index contributed by atoms with van der Waals surface area (Å²) in [5.41, 5.74) is 1.94. The quantitative estimate of drug-likeness (QED) is 0.822. The van der Waals surface area contributed by atoms with Crippen LogP contribution in [0.2, 0.25) is 0 Å². The van der Waals surface area contributed by atoms with E-state index >= 15 is 0 Å². The first-order chi connectivity index (χ1) is 7.01. The monoisotopic (exact) mass is 208 g/mol. The summed E-state index contributed by atoms with van der Waals surface area (Å²) in [7, 11) is 3.66. The summed E-state index contributed by atoms with van der Waals surface area (Å²) in [6.45, 7) is 6.11. The van der Waals surface area contributed by atoms with Crippen molar-refractivity contribution in [3.05, 3.63) is 29.6 Å². The molecule has 3 nitrogen and oxygen atoms in total. The van der Waals surface area contributed by atoms with Gasteiger partial charge in [0.15, 0.2) is 0 Å². The number of methoxy groups -OCH3 is 1. The minimum absolute atomic E-state index is 0.149. The highest BCUT2D eigenvalue weighted by Crippen LogP contribution is 2.27. The molecule has 1 unspecified atom stereocenters. The highest BCUT2D eigenvalue weighted by molar-refractivity contribution is 5.20. The van der Waals surface area contributed by atoms with E-state index < -0.39 is 0 Å². The minimum Gasteiger partial charge on any atom is -0.377 e. The number of hydrogen-bond acceptors (Lipinski definition) is 3. The third-order valence-corrected chi connectivity index (χ3v) is 2.78. The topological polar surface area (TPSA) is 34.2 Å². The number of ether oxygens (including phenoxy) is 1. The molecular formula is C12H20N2O. The SMILES string of the molecule is CNC(c1ccc(C)nc1)C(C)(C)OC. The molecule has 1 aromatic heterocycles. The Morgan fingerprint density at radius 2 is 2.07 bits per heavy atom. The largest absolute Gasteiger partial charge is 0.377 e. The van der Waals surface area contributed by atoms with Crippen LogP contribution in [-0.4, -0.2) is 24.7 Å². The third-order valence-electron chi connectivity index (χ3n) is 2.78. The van der Waals surface area contributed by atoms with E-state index in [2.05, 4.69) is 30.2 Å². The predicted octanol–water partition coefficient (Wildman–Crippen LogP) is 2.08. The normalized spacial score (nSPS) is 13.9. The molecule has 0 saturated carbocycles. The Morgan fingerprint density at radius 3 is 2.47 bits per heavy atom. The van der Waals surface area contributed by atoms with E-state index in [1.807, 2.05) is 26.2 Å². The first-order valence-corrected chi connectivity index (χ1v) is 5.16. The second-order valence-electron chi connectivity index (χ2n) is 4.26. The smallest absolute Gasteiger partial charge is 0.0817 e. The second-order valence-corrected chi connectivity index (χ2v) is 4.26. The fraction of sp³-hybridized carbons (Fsp3) is 0.583. The molecule has 1 atom stereocenters. The first kappa shape index (κ1) is 12.1. The van der Waals surface area contributed by atoms with Gasteiger partial charge in [-0.1, -0.05) is 6.07 Å². The molecule has 0 saturated heterocycles. The van der Waals surface area contributed by atoms with Crippen molar-refractivity contribution in [1.82, 2.24) is 10.3 Å². The maximum atomic E-state index is 5.49. The highest BCUT2D eigenvalue weighted by atomic mass is 16.5. The molecule has 1 N–H and O–H groups in total. The number of nitrogens with one attached hydrogen (secondary N) is 1. The van der Waals surface area contributed by atoms with Gasteiger partial charge in [-0.25, -0.2) is 0 Å². The summed E-state index contributed by atoms with van der Waals surface area (Å²) in [5.74, 6) is 0. The highest BCUT2D eigenvalue weighted by Gasteiger charge is 2.29. The van der Waals surface area contributed by atoms with Crippen molar-refractivity contribution in [3.8, 4) is 0 Å². The Labute approximate surface area is 91.9 Å². The molecule has 0 spiro atoms. The fourth-order valence-electron chi connectivity index (χ4n) is 1.68. The molecule has 0 aliphatic heterocycles. The van der Waals surface area contributed by atoms with Gasteiger partial charge in [0.1, 0.15) is 0 Å². The Bertz CT molecular complexity index is 306. The van der Waals surface area contributed by atoms with Crippen molar-refractivity contribution in [2.24, 2.45) is 0 Å². The molecule has 1 aromatic rings. The molecular weight excluding hydrogens is 188 g/mol. The second kappa shape index (κ2) is 4.73. The molecule has 0 bridgehead atoms. The molecule has 0 aromatic carbocycles. The van der Waals surface area contributed by atoms with E-state index in [1.54, 1.807) is 7.11 Å². The van der Waals surface area contributed by atoms with Crippen LogP contribution < -0.4 is 5.32 Å². The van der Waals surface area contributed by atoms with Crippen molar-refractivity contribution in [2.45, 2.75) is 32.4 Å². The van der Waals surface area contributed by atoms with Crippen LogP contribution >= 0.6 is 0 Å². The van der Waals surface area contributed by atoms with Gasteiger partial charge in [-0.05, 0) is 39.4 Å². The summed E-state index contributed by atoms with van der Waals surface area (Å²) < 4.78 is 5.49. The van der Waals surface area contributed by atoms with E-state index in [9.17, 15) is 0 Å². The van der Waals surface area contributed by atoms with E-state index in [4.69, 9.17) is 4.74 Å². The standard InChI is InChI=1S/C12H20N2O/c1-9-6-7-10(8-14-9)11(13-4)12(2,3)15-5/h6-8,11,13H,1-5H3. The van der Waals surface area contributed by atoms with E-state index in [0.29, 0.717) is 0 Å². The molecule has 3 heteroatoms. The van der Waals surface area contributed by atoms with E-state index in [1.165, 1.54) is 0 Å². The maximum absolute atomic E-state index is 5.49. The van der Waals surface area contributed by atoms with Crippen LogP contribution in [0.25, 0.3) is 0 Å². The molecule has 1 rings (SSSR count). The lowest BCUT2D eigenvalue weighted by molar-refractivity contribution is -0.00908. The summed E-state index contributed by atoms with van der Waals surface area (Å²) in [6.07, 6.45) is 1.90. The average molecular weight is 208 g/mol. The number of aromatic nitrogens is 1. The van der Waals surface area contributed by atoms with Gasteiger partial charge in [0.05, 0.1) is 11.6 Å². The molecule has 0 amide bonds. The number of aryl methyl sites for hydroxylation is 1. The summed E-state index contributed by atoms with van der Waals surface area (Å²) in [4.78, 5) is 4.30. The Hall–Kier alpha value is -0.930. The van der Waals surface area contributed by atoms with Gasteiger partial charge in [0.2, 0.25) is 0 Å². The van der Waals surface area contributed by atoms with Gasteiger partial charge in [-0.2, -0.15) is 0 Å². The third kappa shape index (κ3) is 2.76. The number of nitrogens with zero attached hydrogens (tertiary/aromatic N) is 1. The van der Waals surface area contributed by atoms with E-state index in [-0.39, 0.29) is 11.6 Å². The molecule has 84 valence electrons. The predicted molar refractivity (Wildman–Crippen MR) is 61.9 cm³/mol. The number of rotatable bonds is 4. The summed E-state index contributed by atoms with van der Waals surface area (Å²) >= 11 is 0. The fourth-order valence-corrected chi connectivity index (χ4v) is 1.68. The first-order valence-electron chi connectivity index (χ1n) is 5.16. The van der Waals surface area contributed by atoms with Crippen molar-refractivity contribution in [2.75, 3.05) is 14.2 Å². The van der Waals surface area contributed by atoms with Crippen LogP contribution in [0.3, 0.4) is 0 Å². The van der Waals surface area contributed by atoms with Crippen molar-refractivity contribution in [1.29, 1.82) is 0 Å². The average Bonchev–Trinajstić information content (AvgIpc) is 2.22. The van der Waals surface area contributed by atoms with Crippen molar-refractivity contribution < 1.29 is 4.74 Å². The van der Waals surface area contributed by atoms with Gasteiger partial charge in [-0.15, -0.1) is 0 Å². The molecule has 1 heterocycles. The van der Waals surface area contributed by atoms with Crippen LogP contribution in [0.15, 0.2) is 18.3 Å². The van der Waals surface area contributed by atoms with Crippen molar-refractivity contribution >= 4 is 0 Å². The van der Waals surface area contributed by atoms with Crippen molar-refractivity contribution in [3.63, 3.8) is 0 Å². The molecule has 0 fully saturated rings. The van der Waals surface area contributed by atoms with Crippen LogP contribution in [0.5, 0.6) is 0 Å².